The first-order valence-electron chi connectivity index (χ1n) is 7.17. The molecule has 5 nitrogen and oxygen atoms in total. The number of nitrogens with zero attached hydrogens (tertiary/aromatic N) is 1. The number of rotatable bonds is 4. The molecular formula is C17H17ClFN3O2. The second kappa shape index (κ2) is 7.79. The highest BCUT2D eigenvalue weighted by atomic mass is 35.5. The largest absolute Gasteiger partial charge is 0.349 e. The molecule has 3 amide bonds. The van der Waals surface area contributed by atoms with Gasteiger partial charge in [-0.3, -0.25) is 4.79 Å². The van der Waals surface area contributed by atoms with Gasteiger partial charge in [0.05, 0.1) is 17.1 Å². The van der Waals surface area contributed by atoms with Gasteiger partial charge < -0.3 is 15.5 Å². The van der Waals surface area contributed by atoms with E-state index in [9.17, 15) is 14.0 Å². The van der Waals surface area contributed by atoms with E-state index < -0.39 is 11.8 Å². The molecule has 0 bridgehead atoms. The molecular weight excluding hydrogens is 333 g/mol. The second-order valence-corrected chi connectivity index (χ2v) is 5.77. The Balaban J connectivity index is 1.95. The molecule has 0 unspecified atom stereocenters. The molecule has 0 aliphatic rings. The average molecular weight is 350 g/mol. The van der Waals surface area contributed by atoms with Crippen LogP contribution in [0.15, 0.2) is 42.5 Å². The molecule has 0 spiro atoms. The zero-order valence-corrected chi connectivity index (χ0v) is 14.0. The van der Waals surface area contributed by atoms with Crippen LogP contribution in [-0.2, 0) is 11.2 Å². The Labute approximate surface area is 144 Å². The van der Waals surface area contributed by atoms with Crippen LogP contribution in [0.2, 0.25) is 5.02 Å². The lowest BCUT2D eigenvalue weighted by Gasteiger charge is -2.11. The maximum Gasteiger partial charge on any atom is 0.323 e. The fraction of sp³-hybridized carbons (Fsp3) is 0.176. The Kier molecular flexibility index (Phi) is 5.76. The molecule has 0 aromatic heterocycles. The normalized spacial score (nSPS) is 10.2. The van der Waals surface area contributed by atoms with E-state index in [1.807, 2.05) is 0 Å². The van der Waals surface area contributed by atoms with E-state index in [0.29, 0.717) is 17.8 Å². The number of hydrogen-bond donors (Lipinski definition) is 2. The number of benzene rings is 2. The number of carbonyl (C=O) groups excluding carboxylic acids is 2. The highest BCUT2D eigenvalue weighted by Gasteiger charge is 2.08. The van der Waals surface area contributed by atoms with Crippen molar-refractivity contribution in [3.8, 4) is 0 Å². The van der Waals surface area contributed by atoms with Gasteiger partial charge in [-0.1, -0.05) is 23.7 Å². The lowest BCUT2D eigenvalue weighted by atomic mass is 10.1. The van der Waals surface area contributed by atoms with Crippen molar-refractivity contribution in [3.05, 3.63) is 58.9 Å². The van der Waals surface area contributed by atoms with Crippen LogP contribution in [0.1, 0.15) is 5.56 Å². The Morgan fingerprint density at radius 1 is 1.08 bits per heavy atom. The quantitative estimate of drug-likeness (QED) is 0.883. The van der Waals surface area contributed by atoms with Gasteiger partial charge in [0.2, 0.25) is 5.91 Å². The van der Waals surface area contributed by atoms with E-state index >= 15 is 0 Å². The van der Waals surface area contributed by atoms with E-state index in [0.717, 1.165) is 11.6 Å². The monoisotopic (exact) mass is 349 g/mol. The second-order valence-electron chi connectivity index (χ2n) is 5.37. The van der Waals surface area contributed by atoms with Gasteiger partial charge in [-0.15, -0.1) is 0 Å². The van der Waals surface area contributed by atoms with Crippen LogP contribution < -0.4 is 10.6 Å². The zero-order valence-electron chi connectivity index (χ0n) is 13.3. The fourth-order valence-corrected chi connectivity index (χ4v) is 2.13. The van der Waals surface area contributed by atoms with Crippen LogP contribution in [0, 0.1) is 5.82 Å². The predicted molar refractivity (Wildman–Crippen MR) is 92.9 cm³/mol. The van der Waals surface area contributed by atoms with Gasteiger partial charge in [0.25, 0.3) is 0 Å². The number of anilines is 2. The summed E-state index contributed by atoms with van der Waals surface area (Å²) in [4.78, 5) is 25.1. The van der Waals surface area contributed by atoms with E-state index in [2.05, 4.69) is 10.6 Å². The van der Waals surface area contributed by atoms with Gasteiger partial charge in [0.15, 0.2) is 0 Å². The van der Waals surface area contributed by atoms with Gasteiger partial charge in [0, 0.05) is 19.8 Å². The molecule has 126 valence electrons. The van der Waals surface area contributed by atoms with Crippen molar-refractivity contribution in [2.45, 2.75) is 6.42 Å². The lowest BCUT2D eigenvalue weighted by molar-refractivity contribution is -0.127. The number of hydrogen-bond acceptors (Lipinski definition) is 2. The molecule has 2 N–H and O–H groups in total. The van der Waals surface area contributed by atoms with Crippen LogP contribution in [0.3, 0.4) is 0 Å². The summed E-state index contributed by atoms with van der Waals surface area (Å²) >= 11 is 5.85. The fourth-order valence-electron chi connectivity index (χ4n) is 1.91. The minimum absolute atomic E-state index is 0.000552. The Morgan fingerprint density at radius 3 is 2.33 bits per heavy atom. The van der Waals surface area contributed by atoms with Crippen molar-refractivity contribution in [1.82, 2.24) is 4.90 Å². The van der Waals surface area contributed by atoms with Crippen LogP contribution in [-0.4, -0.2) is 30.9 Å². The minimum atomic E-state index is -0.499. The van der Waals surface area contributed by atoms with Gasteiger partial charge in [0.1, 0.15) is 5.82 Å². The third kappa shape index (κ3) is 4.96. The minimum Gasteiger partial charge on any atom is -0.349 e. The standard InChI is InChI=1S/C17H17ClFN3O2/c1-22(2)16(23)9-11-3-6-13(7-4-11)20-17(24)21-15-8-5-12(19)10-14(15)18/h3-8,10H,9H2,1-2H3,(H2,20,21,24). The molecule has 7 heteroatoms. The topological polar surface area (TPSA) is 61.4 Å². The highest BCUT2D eigenvalue weighted by molar-refractivity contribution is 6.33. The van der Waals surface area contributed by atoms with Crippen LogP contribution >= 0.6 is 11.6 Å². The van der Waals surface area contributed by atoms with Crippen molar-refractivity contribution < 1.29 is 14.0 Å². The summed E-state index contributed by atoms with van der Waals surface area (Å²) in [6, 6.07) is 10.1. The van der Waals surface area contributed by atoms with Crippen LogP contribution in [0.5, 0.6) is 0 Å². The molecule has 0 saturated heterocycles. The number of carbonyl (C=O) groups is 2. The first kappa shape index (κ1) is 17.7. The predicted octanol–water partition coefficient (Wildman–Crippen LogP) is 3.75. The third-order valence-electron chi connectivity index (χ3n) is 3.25. The van der Waals surface area contributed by atoms with E-state index in [4.69, 9.17) is 11.6 Å². The Morgan fingerprint density at radius 2 is 1.75 bits per heavy atom. The van der Waals surface area contributed by atoms with Crippen molar-refractivity contribution in [3.63, 3.8) is 0 Å². The summed E-state index contributed by atoms with van der Waals surface area (Å²) in [5.41, 5.74) is 1.72. The van der Waals surface area contributed by atoms with Gasteiger partial charge in [-0.05, 0) is 35.9 Å². The molecule has 24 heavy (non-hydrogen) atoms. The first-order valence-corrected chi connectivity index (χ1v) is 7.55. The Bertz CT molecular complexity index is 748. The van der Waals surface area contributed by atoms with Gasteiger partial charge in [-0.25, -0.2) is 9.18 Å². The molecule has 0 aliphatic carbocycles. The third-order valence-corrected chi connectivity index (χ3v) is 3.56. The average Bonchev–Trinajstić information content (AvgIpc) is 2.52. The summed E-state index contributed by atoms with van der Waals surface area (Å²) in [5.74, 6) is -0.478. The van der Waals surface area contributed by atoms with E-state index in [1.54, 1.807) is 38.4 Å². The SMILES string of the molecule is CN(C)C(=O)Cc1ccc(NC(=O)Nc2ccc(F)cc2Cl)cc1. The smallest absolute Gasteiger partial charge is 0.323 e. The van der Waals surface area contributed by atoms with Crippen LogP contribution in [0.25, 0.3) is 0 Å². The molecule has 0 heterocycles. The van der Waals surface area contributed by atoms with Crippen molar-refractivity contribution in [2.75, 3.05) is 24.7 Å². The molecule has 2 aromatic rings. The molecule has 2 aromatic carbocycles. The number of likely N-dealkylation sites (N-methyl/N-ethyl adjacent to an activating group) is 1. The summed E-state index contributed by atoms with van der Waals surface area (Å²) < 4.78 is 13.0. The summed E-state index contributed by atoms with van der Waals surface area (Å²) in [5, 5.41) is 5.29. The van der Waals surface area contributed by atoms with Gasteiger partial charge in [-0.2, -0.15) is 0 Å². The number of urea groups is 1. The number of nitrogens with one attached hydrogen (secondary N) is 2. The van der Waals surface area contributed by atoms with Gasteiger partial charge >= 0.3 is 6.03 Å². The first-order chi connectivity index (χ1) is 11.3. The van der Waals surface area contributed by atoms with E-state index in [1.165, 1.54) is 17.0 Å². The summed E-state index contributed by atoms with van der Waals surface area (Å²) in [6.45, 7) is 0. The Hall–Kier alpha value is -2.60. The van der Waals surface area contributed by atoms with E-state index in [-0.39, 0.29) is 10.9 Å². The molecule has 0 fully saturated rings. The molecule has 2 rings (SSSR count). The van der Waals surface area contributed by atoms with Crippen molar-refractivity contribution in [2.24, 2.45) is 0 Å². The van der Waals surface area contributed by atoms with Crippen molar-refractivity contribution in [1.29, 1.82) is 0 Å². The zero-order chi connectivity index (χ0) is 17.7. The van der Waals surface area contributed by atoms with Crippen LogP contribution in [0.4, 0.5) is 20.6 Å². The number of amides is 3. The van der Waals surface area contributed by atoms with Crippen molar-refractivity contribution >= 4 is 34.9 Å². The molecule has 0 radical (unpaired) electrons. The lowest BCUT2D eigenvalue weighted by Crippen LogP contribution is -2.23. The molecule has 0 aliphatic heterocycles. The highest BCUT2D eigenvalue weighted by Crippen LogP contribution is 2.22. The maximum atomic E-state index is 13.0. The molecule has 0 saturated carbocycles. The summed E-state index contributed by atoms with van der Waals surface area (Å²) in [6.07, 6.45) is 0.296. The maximum absolute atomic E-state index is 13.0. The number of halogens is 2. The summed E-state index contributed by atoms with van der Waals surface area (Å²) in [7, 11) is 3.40. The molecule has 0 atom stereocenters.